The molecule has 2 aromatic carbocycles. The molecule has 0 radical (unpaired) electrons. The number of hydrogen-bond donors (Lipinski definition) is 3. The molecule has 1 aliphatic rings. The van der Waals surface area contributed by atoms with Crippen molar-refractivity contribution in [2.75, 3.05) is 32.1 Å². The highest BCUT2D eigenvalue weighted by Gasteiger charge is 2.15. The van der Waals surface area contributed by atoms with Gasteiger partial charge in [0, 0.05) is 32.4 Å². The Morgan fingerprint density at radius 2 is 1.81 bits per heavy atom. The summed E-state index contributed by atoms with van der Waals surface area (Å²) >= 11 is 0. The maximum atomic E-state index is 11.8. The third-order valence-corrected chi connectivity index (χ3v) is 6.81. The van der Waals surface area contributed by atoms with Gasteiger partial charge in [0.05, 0.1) is 10.9 Å². The first kappa shape index (κ1) is 25.4. The molecule has 0 amide bonds. The number of nitrogens with one attached hydrogen (secondary N) is 3. The monoisotopic (exact) mass is 557 g/mol. The largest absolute Gasteiger partial charge is 0.372 e. The van der Waals surface area contributed by atoms with E-state index in [0.29, 0.717) is 12.5 Å². The topological polar surface area (TPSA) is 85.8 Å². The molecular weight excluding hydrogens is 525 g/mol. The molecule has 0 spiro atoms. The normalized spacial score (nSPS) is 15.3. The second-order valence-electron chi connectivity index (χ2n) is 7.43. The van der Waals surface area contributed by atoms with Gasteiger partial charge in [0.2, 0.25) is 10.0 Å². The molecule has 0 bridgehead atoms. The van der Waals surface area contributed by atoms with Gasteiger partial charge in [-0.05, 0) is 62.2 Å². The Kier molecular flexibility index (Phi) is 9.57. The number of sulfonamides is 1. The van der Waals surface area contributed by atoms with Crippen molar-refractivity contribution < 1.29 is 8.42 Å². The Labute approximate surface area is 202 Å². The summed E-state index contributed by atoms with van der Waals surface area (Å²) in [5, 5.41) is 6.72. The highest BCUT2D eigenvalue weighted by atomic mass is 127. The highest BCUT2D eigenvalue weighted by molar-refractivity contribution is 14.0. The molecule has 1 fully saturated rings. The molecule has 0 aromatic heterocycles. The van der Waals surface area contributed by atoms with Gasteiger partial charge >= 0.3 is 0 Å². The maximum Gasteiger partial charge on any atom is 0.240 e. The van der Waals surface area contributed by atoms with Crippen LogP contribution in [0.25, 0.3) is 0 Å². The first-order chi connectivity index (χ1) is 14.4. The number of guanidine groups is 1. The van der Waals surface area contributed by atoms with Crippen molar-refractivity contribution in [1.29, 1.82) is 0 Å². The Balaban J connectivity index is 0.00000341. The average Bonchev–Trinajstić information content (AvgIpc) is 3.32. The molecule has 1 saturated heterocycles. The summed E-state index contributed by atoms with van der Waals surface area (Å²) < 4.78 is 26.0. The zero-order valence-electron chi connectivity index (χ0n) is 18.3. The van der Waals surface area contributed by atoms with Crippen LogP contribution in [-0.4, -0.2) is 41.6 Å². The van der Waals surface area contributed by atoms with Crippen molar-refractivity contribution in [2.45, 2.75) is 37.2 Å². The minimum absolute atomic E-state index is 0. The van der Waals surface area contributed by atoms with Crippen LogP contribution in [-0.2, 0) is 16.6 Å². The number of aliphatic imine (C=N–C) groups is 1. The van der Waals surface area contributed by atoms with Crippen LogP contribution in [0.1, 0.15) is 36.9 Å². The van der Waals surface area contributed by atoms with Gasteiger partial charge in [0.1, 0.15) is 0 Å². The van der Waals surface area contributed by atoms with Gasteiger partial charge in [-0.3, -0.25) is 4.99 Å². The summed E-state index contributed by atoms with van der Waals surface area (Å²) in [6, 6.07) is 15.6. The third-order valence-electron chi connectivity index (χ3n) is 5.38. The van der Waals surface area contributed by atoms with Crippen molar-refractivity contribution in [1.82, 2.24) is 15.4 Å². The van der Waals surface area contributed by atoms with E-state index in [9.17, 15) is 8.42 Å². The molecule has 0 aliphatic carbocycles. The van der Waals surface area contributed by atoms with E-state index in [1.165, 1.54) is 31.1 Å². The lowest BCUT2D eigenvalue weighted by Gasteiger charge is -2.22. The van der Waals surface area contributed by atoms with Gasteiger partial charge in [0.15, 0.2) is 5.96 Å². The van der Waals surface area contributed by atoms with Gasteiger partial charge in [-0.25, -0.2) is 13.1 Å². The molecule has 1 unspecified atom stereocenters. The van der Waals surface area contributed by atoms with Crippen molar-refractivity contribution in [3.63, 3.8) is 0 Å². The maximum absolute atomic E-state index is 11.8. The van der Waals surface area contributed by atoms with E-state index in [-0.39, 0.29) is 34.9 Å². The van der Waals surface area contributed by atoms with Gasteiger partial charge < -0.3 is 15.5 Å². The van der Waals surface area contributed by atoms with Crippen molar-refractivity contribution in [2.24, 2.45) is 4.99 Å². The van der Waals surface area contributed by atoms with Crippen LogP contribution < -0.4 is 20.3 Å². The van der Waals surface area contributed by atoms with Crippen LogP contribution in [0, 0.1) is 0 Å². The zero-order valence-corrected chi connectivity index (χ0v) is 21.4. The van der Waals surface area contributed by atoms with Crippen LogP contribution in [0.4, 0.5) is 5.69 Å². The fraction of sp³-hybridized carbons (Fsp3) is 0.409. The van der Waals surface area contributed by atoms with Crippen molar-refractivity contribution in [3.05, 3.63) is 59.7 Å². The number of halogens is 1. The summed E-state index contributed by atoms with van der Waals surface area (Å²) in [5.74, 6) is 0.695. The molecule has 3 rings (SSSR count). The Morgan fingerprint density at radius 3 is 2.42 bits per heavy atom. The molecular formula is C22H32IN5O2S. The number of benzene rings is 2. The quantitative estimate of drug-likeness (QED) is 0.277. The molecule has 1 aliphatic heterocycles. The molecule has 1 atom stereocenters. The van der Waals surface area contributed by atoms with Crippen LogP contribution in [0.2, 0.25) is 0 Å². The van der Waals surface area contributed by atoms with Crippen molar-refractivity contribution >= 4 is 45.6 Å². The van der Waals surface area contributed by atoms with E-state index < -0.39 is 10.0 Å². The zero-order chi connectivity index (χ0) is 21.6. The van der Waals surface area contributed by atoms with Crippen LogP contribution >= 0.6 is 24.0 Å². The Morgan fingerprint density at radius 1 is 1.13 bits per heavy atom. The lowest BCUT2D eigenvalue weighted by atomic mass is 10.1. The minimum atomic E-state index is -3.42. The summed E-state index contributed by atoms with van der Waals surface area (Å²) in [6.45, 7) is 4.92. The molecule has 3 N–H and O–H groups in total. The SMILES string of the molecule is CN=C(NCc1ccc(S(=O)(=O)NC)cc1)NC(C)c1cccc(N2CCCC2)c1.I. The van der Waals surface area contributed by atoms with Gasteiger partial charge in [-0.1, -0.05) is 24.3 Å². The van der Waals surface area contributed by atoms with Crippen LogP contribution in [0.3, 0.4) is 0 Å². The first-order valence-corrected chi connectivity index (χ1v) is 11.8. The van der Waals surface area contributed by atoms with E-state index in [4.69, 9.17) is 0 Å². The van der Waals surface area contributed by atoms with Gasteiger partial charge in [-0.2, -0.15) is 0 Å². The second kappa shape index (κ2) is 11.7. The fourth-order valence-corrected chi connectivity index (χ4v) is 4.27. The second-order valence-corrected chi connectivity index (χ2v) is 9.32. The lowest BCUT2D eigenvalue weighted by Crippen LogP contribution is -2.38. The predicted molar refractivity (Wildman–Crippen MR) is 138 cm³/mol. The fourth-order valence-electron chi connectivity index (χ4n) is 3.54. The highest BCUT2D eigenvalue weighted by Crippen LogP contribution is 2.24. The molecule has 31 heavy (non-hydrogen) atoms. The number of anilines is 1. The van der Waals surface area contributed by atoms with Crippen LogP contribution in [0.15, 0.2) is 58.4 Å². The average molecular weight is 558 g/mol. The lowest BCUT2D eigenvalue weighted by molar-refractivity contribution is 0.588. The predicted octanol–water partition coefficient (Wildman–Crippen LogP) is 3.24. The van der Waals surface area contributed by atoms with E-state index in [1.807, 2.05) is 0 Å². The Hall–Kier alpha value is -1.85. The number of nitrogens with zero attached hydrogens (tertiary/aromatic N) is 2. The van der Waals surface area contributed by atoms with Gasteiger partial charge in [-0.15, -0.1) is 24.0 Å². The Bertz CT molecular complexity index is 974. The molecule has 1 heterocycles. The standard InChI is InChI=1S/C22H31N5O2S.HI/c1-17(19-7-6-8-20(15-19)27-13-4-5-14-27)26-22(23-2)25-16-18-9-11-21(12-10-18)30(28,29)24-3;/h6-12,15,17,24H,4-5,13-14,16H2,1-3H3,(H2,23,25,26);1H. The molecule has 7 nitrogen and oxygen atoms in total. The van der Waals surface area contributed by atoms with Crippen molar-refractivity contribution in [3.8, 4) is 0 Å². The molecule has 0 saturated carbocycles. The molecule has 9 heteroatoms. The summed E-state index contributed by atoms with van der Waals surface area (Å²) in [5.41, 5.74) is 3.46. The number of hydrogen-bond acceptors (Lipinski definition) is 4. The summed E-state index contributed by atoms with van der Waals surface area (Å²) in [7, 11) is -0.271. The smallest absolute Gasteiger partial charge is 0.240 e. The molecule has 2 aromatic rings. The number of rotatable bonds is 7. The third kappa shape index (κ3) is 6.81. The van der Waals surface area contributed by atoms with E-state index >= 15 is 0 Å². The molecule has 170 valence electrons. The first-order valence-electron chi connectivity index (χ1n) is 10.3. The van der Waals surface area contributed by atoms with E-state index in [0.717, 1.165) is 18.7 Å². The van der Waals surface area contributed by atoms with Gasteiger partial charge in [0.25, 0.3) is 0 Å². The minimum Gasteiger partial charge on any atom is -0.372 e. The van der Waals surface area contributed by atoms with E-state index in [2.05, 4.69) is 56.4 Å². The summed E-state index contributed by atoms with van der Waals surface area (Å²) in [4.78, 5) is 7.00. The summed E-state index contributed by atoms with van der Waals surface area (Å²) in [6.07, 6.45) is 2.52. The van der Waals surface area contributed by atoms with E-state index in [1.54, 1.807) is 31.3 Å². The van der Waals surface area contributed by atoms with Crippen LogP contribution in [0.5, 0.6) is 0 Å².